The van der Waals surface area contributed by atoms with E-state index >= 15 is 0 Å². The van der Waals surface area contributed by atoms with Crippen LogP contribution in [0.4, 0.5) is 0 Å². The fraction of sp³-hybridized carbons (Fsp3) is 0.375. The number of rotatable bonds is 3. The van der Waals surface area contributed by atoms with E-state index in [1.165, 1.54) is 12.8 Å². The van der Waals surface area contributed by atoms with Gasteiger partial charge in [0.1, 0.15) is 5.75 Å². The fourth-order valence-electron chi connectivity index (χ4n) is 2.72. The van der Waals surface area contributed by atoms with Crippen molar-refractivity contribution in [2.24, 2.45) is 0 Å². The molecule has 0 radical (unpaired) electrons. The zero-order chi connectivity index (χ0) is 13.9. The minimum absolute atomic E-state index is 0.426. The number of likely N-dealkylation sites (tertiary alicyclic amines) is 1. The monoisotopic (exact) mass is 269 g/mol. The van der Waals surface area contributed by atoms with E-state index in [2.05, 4.69) is 16.9 Å². The third kappa shape index (κ3) is 2.51. The van der Waals surface area contributed by atoms with Gasteiger partial charge in [0, 0.05) is 11.8 Å². The Labute approximate surface area is 119 Å². The standard InChI is InChI=1S/C16H19N3O/c1-19-11-3-4-15(19)14-9-10-17-16(18-14)12-5-7-13(20-2)8-6-12/h5-10,15H,3-4,11H2,1-2H3/t15-/m1/s1. The van der Waals surface area contributed by atoms with Crippen molar-refractivity contribution in [3.05, 3.63) is 42.2 Å². The summed E-state index contributed by atoms with van der Waals surface area (Å²) in [6.45, 7) is 1.15. The Bertz CT molecular complexity index is 583. The maximum absolute atomic E-state index is 5.18. The molecule has 0 amide bonds. The van der Waals surface area contributed by atoms with Crippen LogP contribution in [-0.4, -0.2) is 35.6 Å². The summed E-state index contributed by atoms with van der Waals surface area (Å²) in [5.41, 5.74) is 2.14. The highest BCUT2D eigenvalue weighted by Crippen LogP contribution is 2.29. The molecule has 0 aliphatic carbocycles. The molecular weight excluding hydrogens is 250 g/mol. The Hall–Kier alpha value is -1.94. The van der Waals surface area contributed by atoms with E-state index in [0.717, 1.165) is 29.4 Å². The van der Waals surface area contributed by atoms with Gasteiger partial charge in [0.05, 0.1) is 18.8 Å². The first kappa shape index (κ1) is 13.1. The maximum atomic E-state index is 5.18. The molecule has 0 unspecified atom stereocenters. The first-order valence-corrected chi connectivity index (χ1v) is 6.95. The molecule has 4 nitrogen and oxygen atoms in total. The minimum atomic E-state index is 0.426. The molecule has 1 aromatic carbocycles. The summed E-state index contributed by atoms with van der Waals surface area (Å²) >= 11 is 0. The van der Waals surface area contributed by atoms with Gasteiger partial charge in [-0.2, -0.15) is 0 Å². The molecule has 0 spiro atoms. The smallest absolute Gasteiger partial charge is 0.159 e. The van der Waals surface area contributed by atoms with Crippen LogP contribution in [0.15, 0.2) is 36.5 Å². The zero-order valence-corrected chi connectivity index (χ0v) is 11.9. The molecule has 1 atom stereocenters. The summed E-state index contributed by atoms with van der Waals surface area (Å²) in [5, 5.41) is 0. The highest BCUT2D eigenvalue weighted by atomic mass is 16.5. The number of ether oxygens (including phenoxy) is 1. The summed E-state index contributed by atoms with van der Waals surface area (Å²) in [5.74, 6) is 1.63. The Morgan fingerprint density at radius 3 is 2.65 bits per heavy atom. The van der Waals surface area contributed by atoms with Crippen molar-refractivity contribution in [3.8, 4) is 17.1 Å². The molecular formula is C16H19N3O. The van der Waals surface area contributed by atoms with Gasteiger partial charge < -0.3 is 4.74 Å². The lowest BCUT2D eigenvalue weighted by molar-refractivity contribution is 0.312. The van der Waals surface area contributed by atoms with Crippen LogP contribution in [-0.2, 0) is 0 Å². The molecule has 1 saturated heterocycles. The van der Waals surface area contributed by atoms with Gasteiger partial charge >= 0.3 is 0 Å². The minimum Gasteiger partial charge on any atom is -0.497 e. The molecule has 2 aromatic rings. The van der Waals surface area contributed by atoms with Crippen molar-refractivity contribution in [2.75, 3.05) is 20.7 Å². The number of nitrogens with zero attached hydrogens (tertiary/aromatic N) is 3. The van der Waals surface area contributed by atoms with Crippen LogP contribution in [0.2, 0.25) is 0 Å². The third-order valence-electron chi connectivity index (χ3n) is 3.89. The Balaban J connectivity index is 1.90. The lowest BCUT2D eigenvalue weighted by atomic mass is 10.1. The number of aromatic nitrogens is 2. The van der Waals surface area contributed by atoms with E-state index in [9.17, 15) is 0 Å². The molecule has 0 saturated carbocycles. The molecule has 0 bridgehead atoms. The van der Waals surface area contributed by atoms with Crippen LogP contribution in [0.3, 0.4) is 0 Å². The van der Waals surface area contributed by atoms with Gasteiger partial charge in [0.15, 0.2) is 5.82 Å². The molecule has 2 heterocycles. The molecule has 0 N–H and O–H groups in total. The van der Waals surface area contributed by atoms with Crippen LogP contribution >= 0.6 is 0 Å². The largest absolute Gasteiger partial charge is 0.497 e. The van der Waals surface area contributed by atoms with E-state index in [1.54, 1.807) is 7.11 Å². The Morgan fingerprint density at radius 2 is 2.00 bits per heavy atom. The second-order valence-electron chi connectivity index (χ2n) is 5.17. The van der Waals surface area contributed by atoms with Crippen LogP contribution in [0.1, 0.15) is 24.6 Å². The van der Waals surface area contributed by atoms with Crippen molar-refractivity contribution in [1.29, 1.82) is 0 Å². The van der Waals surface area contributed by atoms with Crippen LogP contribution in [0.25, 0.3) is 11.4 Å². The summed E-state index contributed by atoms with van der Waals surface area (Å²) in [6.07, 6.45) is 4.27. The molecule has 1 aromatic heterocycles. The van der Waals surface area contributed by atoms with Crippen molar-refractivity contribution in [3.63, 3.8) is 0 Å². The predicted molar refractivity (Wildman–Crippen MR) is 78.6 cm³/mol. The summed E-state index contributed by atoms with van der Waals surface area (Å²) < 4.78 is 5.18. The summed E-state index contributed by atoms with van der Waals surface area (Å²) in [7, 11) is 3.83. The third-order valence-corrected chi connectivity index (χ3v) is 3.89. The average molecular weight is 269 g/mol. The summed E-state index contributed by atoms with van der Waals surface area (Å²) in [4.78, 5) is 11.5. The zero-order valence-electron chi connectivity index (χ0n) is 11.9. The normalized spacial score (nSPS) is 19.2. The second-order valence-corrected chi connectivity index (χ2v) is 5.17. The van der Waals surface area contributed by atoms with Crippen LogP contribution < -0.4 is 4.74 Å². The predicted octanol–water partition coefficient (Wildman–Crippen LogP) is 2.92. The fourth-order valence-corrected chi connectivity index (χ4v) is 2.72. The first-order valence-electron chi connectivity index (χ1n) is 6.95. The molecule has 1 fully saturated rings. The second kappa shape index (κ2) is 5.59. The van der Waals surface area contributed by atoms with E-state index in [-0.39, 0.29) is 0 Å². The number of hydrogen-bond donors (Lipinski definition) is 0. The SMILES string of the molecule is COc1ccc(-c2nccc([C@H]3CCCN3C)n2)cc1. The number of methoxy groups -OCH3 is 1. The van der Waals surface area contributed by atoms with E-state index in [0.29, 0.717) is 6.04 Å². The van der Waals surface area contributed by atoms with Gasteiger partial charge in [-0.3, -0.25) is 4.90 Å². The topological polar surface area (TPSA) is 38.2 Å². The van der Waals surface area contributed by atoms with Gasteiger partial charge in [-0.1, -0.05) is 0 Å². The Kier molecular flexibility index (Phi) is 3.65. The van der Waals surface area contributed by atoms with Crippen LogP contribution in [0.5, 0.6) is 5.75 Å². The van der Waals surface area contributed by atoms with Crippen LogP contribution in [0, 0.1) is 0 Å². The van der Waals surface area contributed by atoms with Crippen molar-refractivity contribution < 1.29 is 4.74 Å². The Morgan fingerprint density at radius 1 is 1.20 bits per heavy atom. The van der Waals surface area contributed by atoms with Gasteiger partial charge in [-0.05, 0) is 56.8 Å². The van der Waals surface area contributed by atoms with Gasteiger partial charge in [0.2, 0.25) is 0 Å². The summed E-state index contributed by atoms with van der Waals surface area (Å²) in [6, 6.07) is 10.3. The molecule has 20 heavy (non-hydrogen) atoms. The first-order chi connectivity index (χ1) is 9.78. The maximum Gasteiger partial charge on any atom is 0.159 e. The number of hydrogen-bond acceptors (Lipinski definition) is 4. The quantitative estimate of drug-likeness (QED) is 0.858. The molecule has 104 valence electrons. The molecule has 3 rings (SSSR count). The van der Waals surface area contributed by atoms with Crippen molar-refractivity contribution >= 4 is 0 Å². The lowest BCUT2D eigenvalue weighted by Gasteiger charge is -2.18. The highest BCUT2D eigenvalue weighted by molar-refractivity contribution is 5.56. The lowest BCUT2D eigenvalue weighted by Crippen LogP contribution is -2.18. The van der Waals surface area contributed by atoms with E-state index in [4.69, 9.17) is 9.72 Å². The highest BCUT2D eigenvalue weighted by Gasteiger charge is 2.24. The average Bonchev–Trinajstić information content (AvgIpc) is 2.94. The molecule has 1 aliphatic heterocycles. The van der Waals surface area contributed by atoms with E-state index < -0.39 is 0 Å². The van der Waals surface area contributed by atoms with Gasteiger partial charge in [0.25, 0.3) is 0 Å². The van der Waals surface area contributed by atoms with Gasteiger partial charge in [-0.15, -0.1) is 0 Å². The number of benzene rings is 1. The van der Waals surface area contributed by atoms with E-state index in [1.807, 2.05) is 36.5 Å². The van der Waals surface area contributed by atoms with Crippen molar-refractivity contribution in [1.82, 2.24) is 14.9 Å². The van der Waals surface area contributed by atoms with Crippen molar-refractivity contribution in [2.45, 2.75) is 18.9 Å². The molecule has 1 aliphatic rings. The van der Waals surface area contributed by atoms with Gasteiger partial charge in [-0.25, -0.2) is 9.97 Å². The molecule has 4 heteroatoms.